The molecule has 0 aromatic carbocycles. The van der Waals surface area contributed by atoms with Crippen molar-refractivity contribution in [2.24, 2.45) is 0 Å². The number of carbonyl (C=O) groups excluding carboxylic acids is 1. The van der Waals surface area contributed by atoms with Crippen LogP contribution in [0.2, 0.25) is 0 Å². The Morgan fingerprint density at radius 2 is 2.00 bits per heavy atom. The van der Waals surface area contributed by atoms with Crippen molar-refractivity contribution in [1.29, 1.82) is 0 Å². The molecule has 134 valence electrons. The molecule has 0 atom stereocenters. The molecule has 1 aromatic heterocycles. The minimum atomic E-state index is -3.56. The highest BCUT2D eigenvalue weighted by molar-refractivity contribution is 7.87. The number of imidazole rings is 1. The first-order valence-electron chi connectivity index (χ1n) is 7.65. The molecule has 0 N–H and O–H groups in total. The topological polar surface area (TPSA) is 84.7 Å². The van der Waals surface area contributed by atoms with E-state index in [0.717, 1.165) is 13.9 Å². The van der Waals surface area contributed by atoms with Crippen LogP contribution in [0.25, 0.3) is 5.57 Å². The van der Waals surface area contributed by atoms with Gasteiger partial charge in [-0.2, -0.15) is 12.7 Å². The quantitative estimate of drug-likeness (QED) is 0.820. The smallest absolute Gasteiger partial charge is 0.410 e. The first kappa shape index (κ1) is 18.5. The molecule has 0 radical (unpaired) electrons. The molecule has 0 spiro atoms. The second-order valence-corrected chi connectivity index (χ2v) is 8.83. The van der Waals surface area contributed by atoms with Gasteiger partial charge in [-0.05, 0) is 32.8 Å². The van der Waals surface area contributed by atoms with E-state index in [1.807, 2.05) is 26.8 Å². The third kappa shape index (κ3) is 4.15. The molecule has 2 rings (SSSR count). The number of carbonyl (C=O) groups is 1. The number of amides is 1. The Kier molecular flexibility index (Phi) is 5.05. The zero-order valence-electron chi connectivity index (χ0n) is 14.7. The molecule has 9 heteroatoms. The second-order valence-electron chi connectivity index (χ2n) is 6.78. The molecule has 0 bridgehead atoms. The first-order valence-corrected chi connectivity index (χ1v) is 9.05. The van der Waals surface area contributed by atoms with Gasteiger partial charge in [0.2, 0.25) is 0 Å². The normalized spacial score (nSPS) is 16.2. The predicted octanol–water partition coefficient (Wildman–Crippen LogP) is 1.56. The van der Waals surface area contributed by atoms with Crippen molar-refractivity contribution in [3.63, 3.8) is 0 Å². The van der Waals surface area contributed by atoms with Crippen molar-refractivity contribution in [2.75, 3.05) is 27.2 Å². The van der Waals surface area contributed by atoms with Crippen LogP contribution in [0, 0.1) is 0 Å². The second kappa shape index (κ2) is 6.56. The maximum atomic E-state index is 12.1. The lowest BCUT2D eigenvalue weighted by molar-refractivity contribution is 0.0270. The third-order valence-electron chi connectivity index (χ3n) is 3.48. The van der Waals surface area contributed by atoms with Gasteiger partial charge in [0.05, 0.1) is 5.69 Å². The maximum Gasteiger partial charge on any atom is 0.410 e. The molecule has 8 nitrogen and oxygen atoms in total. The number of nitrogens with zero attached hydrogens (tertiary/aromatic N) is 4. The van der Waals surface area contributed by atoms with Gasteiger partial charge < -0.3 is 9.64 Å². The van der Waals surface area contributed by atoms with E-state index in [4.69, 9.17) is 4.74 Å². The number of hydrogen-bond acceptors (Lipinski definition) is 5. The number of rotatable bonds is 3. The van der Waals surface area contributed by atoms with Gasteiger partial charge >= 0.3 is 16.3 Å². The van der Waals surface area contributed by atoms with Crippen LogP contribution < -0.4 is 0 Å². The van der Waals surface area contributed by atoms with Crippen LogP contribution >= 0.6 is 0 Å². The standard InChI is InChI=1S/C15H24N4O4S/c1-15(2,3)23-14(20)18-8-6-12(7-9-18)13-10-19(11-16-13)24(21,22)17(4)5/h6,10-11H,7-9H2,1-5H3. The van der Waals surface area contributed by atoms with E-state index < -0.39 is 15.8 Å². The van der Waals surface area contributed by atoms with Crippen LogP contribution in [0.5, 0.6) is 0 Å². The zero-order chi connectivity index (χ0) is 18.1. The summed E-state index contributed by atoms with van der Waals surface area (Å²) < 4.78 is 31.7. The molecular weight excluding hydrogens is 332 g/mol. The summed E-state index contributed by atoms with van der Waals surface area (Å²) in [7, 11) is -0.632. The van der Waals surface area contributed by atoms with E-state index >= 15 is 0 Å². The zero-order valence-corrected chi connectivity index (χ0v) is 15.5. The van der Waals surface area contributed by atoms with Crippen molar-refractivity contribution >= 4 is 21.9 Å². The molecule has 24 heavy (non-hydrogen) atoms. The van der Waals surface area contributed by atoms with Gasteiger partial charge in [-0.15, -0.1) is 0 Å². The maximum absolute atomic E-state index is 12.1. The van der Waals surface area contributed by atoms with Gasteiger partial charge in [0.1, 0.15) is 11.9 Å². The lowest BCUT2D eigenvalue weighted by atomic mass is 10.1. The Balaban J connectivity index is 2.09. The van der Waals surface area contributed by atoms with Gasteiger partial charge in [-0.3, -0.25) is 0 Å². The predicted molar refractivity (Wildman–Crippen MR) is 90.6 cm³/mol. The Labute approximate surface area is 142 Å². The monoisotopic (exact) mass is 356 g/mol. The molecule has 1 amide bonds. The summed E-state index contributed by atoms with van der Waals surface area (Å²) in [6, 6.07) is 0. The van der Waals surface area contributed by atoms with Crippen LogP contribution in [0.4, 0.5) is 4.79 Å². The van der Waals surface area contributed by atoms with Crippen molar-refractivity contribution in [3.8, 4) is 0 Å². The third-order valence-corrected chi connectivity index (χ3v) is 5.13. The fourth-order valence-corrected chi connectivity index (χ4v) is 2.96. The Morgan fingerprint density at radius 1 is 1.33 bits per heavy atom. The van der Waals surface area contributed by atoms with Gasteiger partial charge in [-0.1, -0.05) is 6.08 Å². The molecule has 0 aliphatic carbocycles. The SMILES string of the molecule is CN(C)S(=O)(=O)n1cnc(C2=CCN(C(=O)OC(C)(C)C)CC2)c1. The van der Waals surface area contributed by atoms with Gasteiger partial charge in [-0.25, -0.2) is 13.8 Å². The Bertz CT molecular complexity index is 744. The highest BCUT2D eigenvalue weighted by Gasteiger charge is 2.25. The molecule has 0 unspecified atom stereocenters. The van der Waals surface area contributed by atoms with E-state index in [0.29, 0.717) is 25.2 Å². The van der Waals surface area contributed by atoms with E-state index in [9.17, 15) is 13.2 Å². The van der Waals surface area contributed by atoms with E-state index in [1.54, 1.807) is 4.90 Å². The highest BCUT2D eigenvalue weighted by atomic mass is 32.2. The minimum Gasteiger partial charge on any atom is -0.444 e. The first-order chi connectivity index (χ1) is 11.0. The molecule has 1 aromatic rings. The number of aromatic nitrogens is 2. The van der Waals surface area contributed by atoms with E-state index in [2.05, 4.69) is 4.98 Å². The fourth-order valence-electron chi connectivity index (χ4n) is 2.18. The van der Waals surface area contributed by atoms with Gasteiger partial charge in [0.15, 0.2) is 0 Å². The van der Waals surface area contributed by atoms with E-state index in [-0.39, 0.29) is 6.09 Å². The molecule has 2 heterocycles. The highest BCUT2D eigenvalue weighted by Crippen LogP contribution is 2.22. The molecule has 0 fully saturated rings. The summed E-state index contributed by atoms with van der Waals surface area (Å²) >= 11 is 0. The largest absolute Gasteiger partial charge is 0.444 e. The van der Waals surface area contributed by atoms with Crippen LogP contribution in [0.3, 0.4) is 0 Å². The van der Waals surface area contributed by atoms with Gasteiger partial charge in [0.25, 0.3) is 0 Å². The van der Waals surface area contributed by atoms with Crippen molar-refractivity contribution < 1.29 is 17.9 Å². The summed E-state index contributed by atoms with van der Waals surface area (Å²) in [5.41, 5.74) is 0.993. The van der Waals surface area contributed by atoms with E-state index in [1.165, 1.54) is 26.6 Å². The Morgan fingerprint density at radius 3 is 2.50 bits per heavy atom. The molecular formula is C15H24N4O4S. The summed E-state index contributed by atoms with van der Waals surface area (Å²) in [5, 5.41) is 0. The average Bonchev–Trinajstić information content (AvgIpc) is 2.96. The number of ether oxygens (including phenoxy) is 1. The fraction of sp³-hybridized carbons (Fsp3) is 0.600. The van der Waals surface area contributed by atoms with Crippen LogP contribution in [0.15, 0.2) is 18.6 Å². The van der Waals surface area contributed by atoms with Crippen molar-refractivity contribution in [3.05, 3.63) is 24.3 Å². The molecule has 0 saturated heterocycles. The lowest BCUT2D eigenvalue weighted by Gasteiger charge is -2.29. The van der Waals surface area contributed by atoms with Crippen molar-refractivity contribution in [1.82, 2.24) is 18.2 Å². The van der Waals surface area contributed by atoms with Crippen molar-refractivity contribution in [2.45, 2.75) is 32.8 Å². The summed E-state index contributed by atoms with van der Waals surface area (Å²) in [5.74, 6) is 0. The summed E-state index contributed by atoms with van der Waals surface area (Å²) in [6.07, 6.45) is 4.90. The molecule has 1 aliphatic rings. The molecule has 0 saturated carbocycles. The number of hydrogen-bond donors (Lipinski definition) is 0. The van der Waals surface area contributed by atoms with Crippen LogP contribution in [-0.2, 0) is 14.9 Å². The Hall–Kier alpha value is -1.87. The average molecular weight is 356 g/mol. The van der Waals surface area contributed by atoms with Gasteiger partial charge in [0, 0.05) is 33.4 Å². The lowest BCUT2D eigenvalue weighted by Crippen LogP contribution is -2.39. The van der Waals surface area contributed by atoms with Crippen LogP contribution in [0.1, 0.15) is 32.9 Å². The van der Waals surface area contributed by atoms with Crippen LogP contribution in [-0.4, -0.2) is 65.5 Å². The molecule has 1 aliphatic heterocycles. The summed E-state index contributed by atoms with van der Waals surface area (Å²) in [4.78, 5) is 17.8. The summed E-state index contributed by atoms with van der Waals surface area (Å²) in [6.45, 7) is 6.40. The minimum absolute atomic E-state index is 0.349.